The third-order valence-corrected chi connectivity index (χ3v) is 4.79. The van der Waals surface area contributed by atoms with E-state index in [-0.39, 0.29) is 18.0 Å². The van der Waals surface area contributed by atoms with E-state index in [0.29, 0.717) is 12.5 Å². The summed E-state index contributed by atoms with van der Waals surface area (Å²) in [4.78, 5) is 19.3. The molecule has 2 rings (SSSR count). The van der Waals surface area contributed by atoms with Crippen LogP contribution in [-0.4, -0.2) is 48.5 Å². The highest BCUT2D eigenvalue weighted by Gasteiger charge is 2.14. The number of rotatable bonds is 7. The average Bonchev–Trinajstić information content (AvgIpc) is 2.91. The Labute approximate surface area is 176 Å². The Morgan fingerprint density at radius 2 is 1.76 bits per heavy atom. The van der Waals surface area contributed by atoms with Gasteiger partial charge in [0.25, 0.3) is 0 Å². The molecule has 0 spiro atoms. The van der Waals surface area contributed by atoms with Crippen molar-refractivity contribution in [3.8, 4) is 0 Å². The molecule has 1 aliphatic heterocycles. The topological polar surface area (TPSA) is 68.8 Å². The van der Waals surface area contributed by atoms with Crippen molar-refractivity contribution in [2.75, 3.05) is 26.2 Å². The molecule has 0 aromatic heterocycles. The van der Waals surface area contributed by atoms with Gasteiger partial charge in [-0.15, -0.1) is 0 Å². The van der Waals surface area contributed by atoms with Crippen LogP contribution in [0, 0.1) is 0 Å². The van der Waals surface area contributed by atoms with Gasteiger partial charge in [0.15, 0.2) is 5.96 Å². The second-order valence-electron chi connectivity index (χ2n) is 8.86. The Kier molecular flexibility index (Phi) is 9.45. The van der Waals surface area contributed by atoms with Gasteiger partial charge in [-0.2, -0.15) is 0 Å². The summed E-state index contributed by atoms with van der Waals surface area (Å²) in [5.41, 5.74) is 2.30. The highest BCUT2D eigenvalue weighted by Crippen LogP contribution is 2.14. The normalized spacial score (nSPS) is 16.2. The van der Waals surface area contributed by atoms with Crippen LogP contribution in [0.2, 0.25) is 0 Å². The first-order valence-electron chi connectivity index (χ1n) is 11.0. The van der Waals surface area contributed by atoms with Gasteiger partial charge in [-0.25, -0.2) is 4.99 Å². The second-order valence-corrected chi connectivity index (χ2v) is 8.86. The zero-order chi connectivity index (χ0) is 21.1. The first-order valence-corrected chi connectivity index (χ1v) is 11.0. The fourth-order valence-electron chi connectivity index (χ4n) is 3.52. The summed E-state index contributed by atoms with van der Waals surface area (Å²) < 4.78 is 0. The Bertz CT molecular complexity index is 657. The molecule has 1 amide bonds. The summed E-state index contributed by atoms with van der Waals surface area (Å²) in [5.74, 6) is 0.622. The molecule has 3 N–H and O–H groups in total. The lowest BCUT2D eigenvalue weighted by Crippen LogP contribution is -2.48. The molecule has 0 aliphatic carbocycles. The first-order chi connectivity index (χ1) is 13.9. The molecule has 6 heteroatoms. The maximum absolute atomic E-state index is 12.0. The van der Waals surface area contributed by atoms with E-state index in [1.54, 1.807) is 0 Å². The predicted molar refractivity (Wildman–Crippen MR) is 121 cm³/mol. The number of guanidine groups is 1. The van der Waals surface area contributed by atoms with E-state index in [1.165, 1.54) is 49.9 Å². The van der Waals surface area contributed by atoms with Crippen LogP contribution < -0.4 is 16.0 Å². The number of carbonyl (C=O) groups excluding carboxylic acids is 1. The molecule has 0 atom stereocenters. The molecule has 1 aliphatic rings. The van der Waals surface area contributed by atoms with Gasteiger partial charge in [-0.3, -0.25) is 9.69 Å². The number of benzene rings is 1. The lowest BCUT2D eigenvalue weighted by molar-refractivity contribution is -0.121. The molecular formula is C23H39N5O. The van der Waals surface area contributed by atoms with E-state index < -0.39 is 0 Å². The van der Waals surface area contributed by atoms with Crippen LogP contribution in [0.4, 0.5) is 0 Å². The monoisotopic (exact) mass is 401 g/mol. The maximum atomic E-state index is 12.0. The van der Waals surface area contributed by atoms with E-state index in [1.807, 2.05) is 27.7 Å². The van der Waals surface area contributed by atoms with Gasteiger partial charge < -0.3 is 16.0 Å². The molecule has 0 radical (unpaired) electrons. The standard InChI is InChI=1S/C23H39N5O/c1-5-24-22(26-17-21(29)27-23(2,3)4)25-16-19-11-10-12-20(15-19)18-28-13-8-6-7-9-14-28/h10-12,15H,5-9,13-14,16-18H2,1-4H3,(H,27,29)(H2,24,25,26). The minimum Gasteiger partial charge on any atom is -0.357 e. The number of carbonyl (C=O) groups is 1. The summed E-state index contributed by atoms with van der Waals surface area (Å²) >= 11 is 0. The van der Waals surface area contributed by atoms with Crippen molar-refractivity contribution < 1.29 is 4.79 Å². The number of nitrogens with zero attached hydrogens (tertiary/aromatic N) is 2. The van der Waals surface area contributed by atoms with E-state index in [0.717, 1.165) is 13.1 Å². The summed E-state index contributed by atoms with van der Waals surface area (Å²) in [6.45, 7) is 12.9. The smallest absolute Gasteiger partial charge is 0.239 e. The predicted octanol–water partition coefficient (Wildman–Crippen LogP) is 3.03. The highest BCUT2D eigenvalue weighted by atomic mass is 16.2. The van der Waals surface area contributed by atoms with Crippen molar-refractivity contribution in [1.82, 2.24) is 20.9 Å². The highest BCUT2D eigenvalue weighted by molar-refractivity contribution is 5.86. The third kappa shape index (κ3) is 9.79. The molecule has 0 bridgehead atoms. The molecule has 1 aromatic carbocycles. The minimum absolute atomic E-state index is 0.0393. The number of likely N-dealkylation sites (tertiary alicyclic amines) is 1. The molecular weight excluding hydrogens is 362 g/mol. The summed E-state index contributed by atoms with van der Waals surface area (Å²) in [7, 11) is 0. The van der Waals surface area contributed by atoms with Crippen molar-refractivity contribution in [3.05, 3.63) is 35.4 Å². The van der Waals surface area contributed by atoms with Crippen molar-refractivity contribution >= 4 is 11.9 Å². The Morgan fingerprint density at radius 1 is 1.07 bits per heavy atom. The van der Waals surface area contributed by atoms with Crippen LogP contribution in [0.5, 0.6) is 0 Å². The van der Waals surface area contributed by atoms with Gasteiger partial charge in [0.05, 0.1) is 13.1 Å². The van der Waals surface area contributed by atoms with Gasteiger partial charge in [0.1, 0.15) is 0 Å². The van der Waals surface area contributed by atoms with Gasteiger partial charge in [0, 0.05) is 18.6 Å². The van der Waals surface area contributed by atoms with Crippen molar-refractivity contribution in [2.45, 2.75) is 72.0 Å². The molecule has 1 heterocycles. The fraction of sp³-hybridized carbons (Fsp3) is 0.652. The number of amides is 1. The zero-order valence-electron chi connectivity index (χ0n) is 18.7. The number of hydrogen-bond acceptors (Lipinski definition) is 3. The van der Waals surface area contributed by atoms with Crippen LogP contribution >= 0.6 is 0 Å². The van der Waals surface area contributed by atoms with Gasteiger partial charge in [-0.05, 0) is 64.8 Å². The average molecular weight is 402 g/mol. The van der Waals surface area contributed by atoms with Crippen LogP contribution in [0.1, 0.15) is 64.5 Å². The number of nitrogens with one attached hydrogen (secondary N) is 3. The lowest BCUT2D eigenvalue weighted by Gasteiger charge is -2.21. The van der Waals surface area contributed by atoms with Crippen molar-refractivity contribution in [1.29, 1.82) is 0 Å². The third-order valence-electron chi connectivity index (χ3n) is 4.79. The molecule has 1 saturated heterocycles. The summed E-state index contributed by atoms with van der Waals surface area (Å²) in [6, 6.07) is 8.70. The molecule has 0 unspecified atom stereocenters. The first kappa shape index (κ1) is 23.2. The maximum Gasteiger partial charge on any atom is 0.239 e. The summed E-state index contributed by atoms with van der Waals surface area (Å²) in [5, 5.41) is 9.28. The molecule has 6 nitrogen and oxygen atoms in total. The molecule has 1 aromatic rings. The van der Waals surface area contributed by atoms with Crippen molar-refractivity contribution in [2.24, 2.45) is 4.99 Å². The number of aliphatic imine (C=N–C) groups is 1. The van der Waals surface area contributed by atoms with Gasteiger partial charge >= 0.3 is 0 Å². The van der Waals surface area contributed by atoms with Crippen molar-refractivity contribution in [3.63, 3.8) is 0 Å². The Balaban J connectivity index is 1.91. The van der Waals surface area contributed by atoms with Gasteiger partial charge in [-0.1, -0.05) is 37.1 Å². The lowest BCUT2D eigenvalue weighted by atomic mass is 10.1. The van der Waals surface area contributed by atoms with Gasteiger partial charge in [0.2, 0.25) is 5.91 Å². The van der Waals surface area contributed by atoms with E-state index in [9.17, 15) is 4.79 Å². The zero-order valence-corrected chi connectivity index (χ0v) is 18.7. The molecule has 1 fully saturated rings. The van der Waals surface area contributed by atoms with Crippen LogP contribution in [0.3, 0.4) is 0 Å². The summed E-state index contributed by atoms with van der Waals surface area (Å²) in [6.07, 6.45) is 5.34. The van der Waals surface area contributed by atoms with E-state index in [2.05, 4.69) is 50.1 Å². The Hall–Kier alpha value is -2.08. The second kappa shape index (κ2) is 11.8. The SMILES string of the molecule is CCNC(=NCc1cccc(CN2CCCCCC2)c1)NCC(=O)NC(C)(C)C. The molecule has 162 valence electrons. The molecule has 29 heavy (non-hydrogen) atoms. The fourth-order valence-corrected chi connectivity index (χ4v) is 3.52. The van der Waals surface area contributed by atoms with Crippen LogP contribution in [0.15, 0.2) is 29.3 Å². The molecule has 0 saturated carbocycles. The quantitative estimate of drug-likeness (QED) is 0.485. The number of hydrogen-bond donors (Lipinski definition) is 3. The van der Waals surface area contributed by atoms with E-state index >= 15 is 0 Å². The Morgan fingerprint density at radius 3 is 2.41 bits per heavy atom. The largest absolute Gasteiger partial charge is 0.357 e. The van der Waals surface area contributed by atoms with Crippen LogP contribution in [-0.2, 0) is 17.9 Å². The minimum atomic E-state index is -0.234. The van der Waals surface area contributed by atoms with Crippen LogP contribution in [0.25, 0.3) is 0 Å². The van der Waals surface area contributed by atoms with E-state index in [4.69, 9.17) is 0 Å².